The van der Waals surface area contributed by atoms with Crippen LogP contribution in [-0.2, 0) is 9.59 Å². The number of anilines is 1. The maximum atomic E-state index is 12.7. The second kappa shape index (κ2) is 9.78. The molecule has 0 spiro atoms. The number of rotatable bonds is 6. The smallest absolute Gasteiger partial charge is 0.307 e. The number of nitrogens with one attached hydrogen (secondary N) is 2. The van der Waals surface area contributed by atoms with Crippen LogP contribution in [0, 0.1) is 11.8 Å². The van der Waals surface area contributed by atoms with Crippen LogP contribution in [0.4, 0.5) is 5.69 Å². The normalized spacial score (nSPS) is 18.1. The monoisotopic (exact) mass is 437 g/mol. The lowest BCUT2D eigenvalue weighted by Gasteiger charge is -2.24. The van der Waals surface area contributed by atoms with Crippen LogP contribution in [0.1, 0.15) is 35.7 Å². The van der Waals surface area contributed by atoms with E-state index in [0.29, 0.717) is 29.8 Å². The average Bonchev–Trinajstić information content (AvgIpc) is 2.76. The number of hydrazone groups is 1. The molecule has 0 saturated carbocycles. The fourth-order valence-electron chi connectivity index (χ4n) is 3.42. The molecule has 0 saturated heterocycles. The van der Waals surface area contributed by atoms with E-state index in [9.17, 15) is 29.7 Å². The summed E-state index contributed by atoms with van der Waals surface area (Å²) in [6.45, 7) is 1.66. The molecule has 0 aliphatic heterocycles. The molecule has 0 fully saturated rings. The highest BCUT2D eigenvalue weighted by atomic mass is 16.4. The van der Waals surface area contributed by atoms with E-state index in [-0.39, 0.29) is 23.0 Å². The van der Waals surface area contributed by atoms with Crippen molar-refractivity contribution in [2.24, 2.45) is 16.9 Å². The number of carboxylic acids is 1. The molecule has 2 atom stereocenters. The molecule has 2 amide bonds. The Hall–Kier alpha value is -4.14. The fourth-order valence-corrected chi connectivity index (χ4v) is 3.42. The number of nitrogens with zero attached hydrogens (tertiary/aromatic N) is 1. The topological polar surface area (TPSA) is 148 Å². The Bertz CT molecular complexity index is 1090. The summed E-state index contributed by atoms with van der Waals surface area (Å²) in [5.74, 6) is -3.92. The minimum absolute atomic E-state index is 0.0366. The van der Waals surface area contributed by atoms with Gasteiger partial charge in [-0.15, -0.1) is 0 Å². The van der Waals surface area contributed by atoms with E-state index in [1.807, 2.05) is 6.08 Å². The first-order chi connectivity index (χ1) is 15.2. The fraction of sp³-hybridized carbons (Fsp3) is 0.217. The largest absolute Gasteiger partial charge is 0.508 e. The predicted molar refractivity (Wildman–Crippen MR) is 118 cm³/mol. The van der Waals surface area contributed by atoms with E-state index >= 15 is 0 Å². The van der Waals surface area contributed by atoms with E-state index in [1.54, 1.807) is 37.3 Å². The van der Waals surface area contributed by atoms with Gasteiger partial charge in [-0.05, 0) is 49.6 Å². The molecule has 32 heavy (non-hydrogen) atoms. The first-order valence-electron chi connectivity index (χ1n) is 9.91. The van der Waals surface area contributed by atoms with Gasteiger partial charge in [0.15, 0.2) is 0 Å². The molecule has 166 valence electrons. The van der Waals surface area contributed by atoms with Gasteiger partial charge in [-0.25, -0.2) is 5.43 Å². The number of carboxylic acid groups (broad SMARTS) is 1. The lowest BCUT2D eigenvalue weighted by atomic mass is 9.82. The molecule has 0 heterocycles. The van der Waals surface area contributed by atoms with E-state index in [4.69, 9.17) is 0 Å². The second-order valence-electron chi connectivity index (χ2n) is 7.44. The zero-order valence-electron chi connectivity index (χ0n) is 17.3. The number of carbonyl (C=O) groups excluding carboxylic acids is 2. The summed E-state index contributed by atoms with van der Waals surface area (Å²) in [6.07, 6.45) is 4.26. The van der Waals surface area contributed by atoms with Gasteiger partial charge < -0.3 is 20.6 Å². The van der Waals surface area contributed by atoms with Crippen LogP contribution in [-0.4, -0.2) is 38.8 Å². The van der Waals surface area contributed by atoms with E-state index in [1.165, 1.54) is 12.1 Å². The van der Waals surface area contributed by atoms with Crippen LogP contribution >= 0.6 is 0 Å². The first kappa shape index (κ1) is 22.5. The predicted octanol–water partition coefficient (Wildman–Crippen LogP) is 2.86. The molecule has 9 nitrogen and oxygen atoms in total. The van der Waals surface area contributed by atoms with Gasteiger partial charge >= 0.3 is 5.97 Å². The summed E-state index contributed by atoms with van der Waals surface area (Å²) in [7, 11) is 0. The van der Waals surface area contributed by atoms with Crippen LogP contribution < -0.4 is 10.7 Å². The first-order valence-corrected chi connectivity index (χ1v) is 9.91. The molecule has 9 heteroatoms. The van der Waals surface area contributed by atoms with Gasteiger partial charge in [-0.2, -0.15) is 5.10 Å². The number of carbonyl (C=O) groups is 3. The van der Waals surface area contributed by atoms with Crippen molar-refractivity contribution in [3.63, 3.8) is 0 Å². The number of phenolic OH excluding ortho intramolecular Hbond substituents is 2. The molecule has 2 aromatic carbocycles. The van der Waals surface area contributed by atoms with Crippen LogP contribution in [0.15, 0.2) is 59.7 Å². The quantitative estimate of drug-likeness (QED) is 0.267. The lowest BCUT2D eigenvalue weighted by Crippen LogP contribution is -2.34. The minimum atomic E-state index is -0.998. The van der Waals surface area contributed by atoms with Crippen LogP contribution in [0.5, 0.6) is 11.5 Å². The van der Waals surface area contributed by atoms with Gasteiger partial charge in [0.2, 0.25) is 5.91 Å². The van der Waals surface area contributed by atoms with Crippen molar-refractivity contribution in [1.29, 1.82) is 0 Å². The van der Waals surface area contributed by atoms with Crippen molar-refractivity contribution in [1.82, 2.24) is 5.43 Å². The Morgan fingerprint density at radius 1 is 0.938 bits per heavy atom. The van der Waals surface area contributed by atoms with Gasteiger partial charge in [0.25, 0.3) is 5.91 Å². The Morgan fingerprint density at radius 2 is 1.59 bits per heavy atom. The average molecular weight is 437 g/mol. The Labute approximate surface area is 184 Å². The van der Waals surface area contributed by atoms with Crippen molar-refractivity contribution in [3.8, 4) is 11.5 Å². The molecule has 0 bridgehead atoms. The third-order valence-corrected chi connectivity index (χ3v) is 5.12. The third kappa shape index (κ3) is 5.51. The Morgan fingerprint density at radius 3 is 2.25 bits per heavy atom. The molecule has 0 aromatic heterocycles. The third-order valence-electron chi connectivity index (χ3n) is 5.12. The van der Waals surface area contributed by atoms with Crippen LogP contribution in [0.3, 0.4) is 0 Å². The zero-order chi connectivity index (χ0) is 23.3. The van der Waals surface area contributed by atoms with Crippen molar-refractivity contribution in [2.75, 3.05) is 5.32 Å². The van der Waals surface area contributed by atoms with Gasteiger partial charge in [0.05, 0.1) is 17.5 Å². The van der Waals surface area contributed by atoms with Crippen molar-refractivity contribution in [3.05, 3.63) is 65.7 Å². The number of phenols is 2. The number of hydrogen-bond donors (Lipinski definition) is 5. The van der Waals surface area contributed by atoms with Crippen LogP contribution in [0.2, 0.25) is 0 Å². The molecular weight excluding hydrogens is 414 g/mol. The molecule has 0 radical (unpaired) electrons. The number of amides is 2. The van der Waals surface area contributed by atoms with Crippen molar-refractivity contribution < 1.29 is 29.7 Å². The molecule has 1 aliphatic carbocycles. The molecule has 0 unspecified atom stereocenters. The van der Waals surface area contributed by atoms with Crippen LogP contribution in [0.25, 0.3) is 0 Å². The summed E-state index contributed by atoms with van der Waals surface area (Å²) in [6, 6.07) is 10.3. The van der Waals surface area contributed by atoms with Gasteiger partial charge in [-0.3, -0.25) is 14.4 Å². The van der Waals surface area contributed by atoms with E-state index in [0.717, 1.165) is 6.07 Å². The van der Waals surface area contributed by atoms with Gasteiger partial charge in [0, 0.05) is 17.3 Å². The van der Waals surface area contributed by atoms with E-state index < -0.39 is 23.7 Å². The SMILES string of the molecule is C/C(=N/NC(=O)c1cc(O)cc(O)c1)c1cccc(NC(=O)[C@@H]2CC=CC[C@@H]2C(=O)O)c1. The molecule has 2 aromatic rings. The Balaban J connectivity index is 1.69. The lowest BCUT2D eigenvalue weighted by molar-refractivity contribution is -0.146. The Kier molecular flexibility index (Phi) is 6.89. The number of aromatic hydroxyl groups is 2. The molecular formula is C23H23N3O6. The maximum absolute atomic E-state index is 12.7. The number of allylic oxidation sites excluding steroid dienone is 2. The molecule has 3 rings (SSSR count). The summed E-state index contributed by atoms with van der Waals surface area (Å²) in [4.78, 5) is 36.3. The highest BCUT2D eigenvalue weighted by Crippen LogP contribution is 2.27. The highest BCUT2D eigenvalue weighted by molar-refractivity contribution is 6.02. The van der Waals surface area contributed by atoms with Crippen molar-refractivity contribution in [2.45, 2.75) is 19.8 Å². The standard InChI is InChI=1S/C23H23N3O6/c1-13(25-26-21(29)15-10-17(27)12-18(28)11-15)14-5-4-6-16(9-14)24-22(30)19-7-2-3-8-20(19)23(31)32/h2-6,9-12,19-20,27-28H,7-8H2,1H3,(H,24,30)(H,26,29)(H,31,32)/b25-13-/t19-,20+/m1/s1. The van der Waals surface area contributed by atoms with Gasteiger partial charge in [-0.1, -0.05) is 24.3 Å². The number of benzene rings is 2. The van der Waals surface area contributed by atoms with Crippen molar-refractivity contribution >= 4 is 29.2 Å². The summed E-state index contributed by atoms with van der Waals surface area (Å²) in [5, 5.41) is 35.1. The number of aliphatic carboxylic acids is 1. The number of hydrogen-bond acceptors (Lipinski definition) is 6. The second-order valence-corrected chi connectivity index (χ2v) is 7.44. The molecule has 1 aliphatic rings. The summed E-state index contributed by atoms with van der Waals surface area (Å²) >= 11 is 0. The minimum Gasteiger partial charge on any atom is -0.508 e. The highest BCUT2D eigenvalue weighted by Gasteiger charge is 2.33. The summed E-state index contributed by atoms with van der Waals surface area (Å²) < 4.78 is 0. The van der Waals surface area contributed by atoms with E-state index in [2.05, 4.69) is 15.8 Å². The van der Waals surface area contributed by atoms with Gasteiger partial charge in [0.1, 0.15) is 11.5 Å². The zero-order valence-corrected chi connectivity index (χ0v) is 17.3. The molecule has 5 N–H and O–H groups in total. The maximum Gasteiger partial charge on any atom is 0.307 e. The summed E-state index contributed by atoms with van der Waals surface area (Å²) in [5.41, 5.74) is 3.93.